The number of aryl methyl sites for hydroxylation is 1. The highest BCUT2D eigenvalue weighted by atomic mass is 32.1. The normalized spacial score (nSPS) is 10.5. The van der Waals surface area contributed by atoms with E-state index in [2.05, 4.69) is 35.5 Å². The molecule has 5 heteroatoms. The standard InChI is InChI=1S/C16H15N3OS/c1-12-4-2-5-13(8-12)10-19-11-14(9-17-19)18-16(20)15-6-3-7-21-15/h2-9,11H,10H2,1H3,(H,18,20). The van der Waals surface area contributed by atoms with Gasteiger partial charge in [0, 0.05) is 6.20 Å². The minimum Gasteiger partial charge on any atom is -0.319 e. The molecule has 21 heavy (non-hydrogen) atoms. The van der Waals surface area contributed by atoms with E-state index in [-0.39, 0.29) is 5.91 Å². The Kier molecular flexibility index (Phi) is 3.83. The molecule has 0 aliphatic heterocycles. The minimum absolute atomic E-state index is 0.0971. The van der Waals surface area contributed by atoms with E-state index in [0.29, 0.717) is 17.1 Å². The van der Waals surface area contributed by atoms with Crippen molar-refractivity contribution in [1.82, 2.24) is 9.78 Å². The van der Waals surface area contributed by atoms with Gasteiger partial charge >= 0.3 is 0 Å². The molecule has 1 aromatic carbocycles. The average molecular weight is 297 g/mol. The second-order valence-corrected chi connectivity index (χ2v) is 5.79. The number of nitrogens with zero attached hydrogens (tertiary/aromatic N) is 2. The Hall–Kier alpha value is -2.40. The molecule has 4 nitrogen and oxygen atoms in total. The van der Waals surface area contributed by atoms with Gasteiger partial charge in [0.05, 0.1) is 23.3 Å². The van der Waals surface area contributed by atoms with Crippen LogP contribution in [0.15, 0.2) is 54.2 Å². The van der Waals surface area contributed by atoms with E-state index in [1.807, 2.05) is 28.4 Å². The van der Waals surface area contributed by atoms with Crippen molar-refractivity contribution in [3.63, 3.8) is 0 Å². The molecule has 3 aromatic rings. The molecule has 0 aliphatic rings. The van der Waals surface area contributed by atoms with E-state index in [4.69, 9.17) is 0 Å². The summed E-state index contributed by atoms with van der Waals surface area (Å²) in [5, 5.41) is 9.02. The van der Waals surface area contributed by atoms with Gasteiger partial charge < -0.3 is 5.32 Å². The Labute approximate surface area is 127 Å². The third-order valence-corrected chi connectivity index (χ3v) is 3.93. The van der Waals surface area contributed by atoms with Crippen LogP contribution in [0.5, 0.6) is 0 Å². The molecule has 0 bridgehead atoms. The maximum atomic E-state index is 11.9. The number of amides is 1. The molecule has 1 N–H and O–H groups in total. The Bertz CT molecular complexity index is 746. The summed E-state index contributed by atoms with van der Waals surface area (Å²) < 4.78 is 1.82. The highest BCUT2D eigenvalue weighted by Gasteiger charge is 2.08. The van der Waals surface area contributed by atoms with Crippen LogP contribution >= 0.6 is 11.3 Å². The fourth-order valence-corrected chi connectivity index (χ4v) is 2.73. The summed E-state index contributed by atoms with van der Waals surface area (Å²) in [4.78, 5) is 12.6. The van der Waals surface area contributed by atoms with Gasteiger partial charge in [0.15, 0.2) is 0 Å². The summed E-state index contributed by atoms with van der Waals surface area (Å²) in [5.41, 5.74) is 3.13. The van der Waals surface area contributed by atoms with Crippen LogP contribution in [-0.4, -0.2) is 15.7 Å². The number of nitrogens with one attached hydrogen (secondary N) is 1. The van der Waals surface area contributed by atoms with Crippen LogP contribution in [0, 0.1) is 6.92 Å². The SMILES string of the molecule is Cc1cccc(Cn2cc(NC(=O)c3cccs3)cn2)c1. The number of hydrogen-bond donors (Lipinski definition) is 1. The van der Waals surface area contributed by atoms with Gasteiger partial charge in [-0.2, -0.15) is 5.10 Å². The predicted octanol–water partition coefficient (Wildman–Crippen LogP) is 3.55. The molecule has 0 aliphatic carbocycles. The van der Waals surface area contributed by atoms with Crippen molar-refractivity contribution in [3.8, 4) is 0 Å². The van der Waals surface area contributed by atoms with Crippen LogP contribution in [0.4, 0.5) is 5.69 Å². The number of benzene rings is 1. The number of carbonyl (C=O) groups excluding carboxylic acids is 1. The summed E-state index contributed by atoms with van der Waals surface area (Å²) >= 11 is 1.42. The van der Waals surface area contributed by atoms with Crippen molar-refractivity contribution in [2.45, 2.75) is 13.5 Å². The van der Waals surface area contributed by atoms with Gasteiger partial charge in [0.25, 0.3) is 5.91 Å². The summed E-state index contributed by atoms with van der Waals surface area (Å²) in [6.07, 6.45) is 3.51. The lowest BCUT2D eigenvalue weighted by molar-refractivity contribution is 0.103. The highest BCUT2D eigenvalue weighted by molar-refractivity contribution is 7.12. The Morgan fingerprint density at radius 3 is 3.00 bits per heavy atom. The van der Waals surface area contributed by atoms with Gasteiger partial charge in [0.2, 0.25) is 0 Å². The zero-order valence-electron chi connectivity index (χ0n) is 11.6. The van der Waals surface area contributed by atoms with E-state index in [9.17, 15) is 4.79 Å². The third-order valence-electron chi connectivity index (χ3n) is 3.06. The fraction of sp³-hybridized carbons (Fsp3) is 0.125. The van der Waals surface area contributed by atoms with Gasteiger partial charge in [-0.3, -0.25) is 9.48 Å². The van der Waals surface area contributed by atoms with Gasteiger partial charge in [-0.1, -0.05) is 35.9 Å². The number of rotatable bonds is 4. The Morgan fingerprint density at radius 1 is 1.33 bits per heavy atom. The predicted molar refractivity (Wildman–Crippen MR) is 84.8 cm³/mol. The van der Waals surface area contributed by atoms with Gasteiger partial charge in [-0.25, -0.2) is 0 Å². The fourth-order valence-electron chi connectivity index (χ4n) is 2.11. The number of aromatic nitrogens is 2. The van der Waals surface area contributed by atoms with Crippen molar-refractivity contribution < 1.29 is 4.79 Å². The van der Waals surface area contributed by atoms with Crippen LogP contribution in [0.2, 0.25) is 0 Å². The largest absolute Gasteiger partial charge is 0.319 e. The molecule has 0 atom stereocenters. The molecule has 3 rings (SSSR count). The molecule has 0 radical (unpaired) electrons. The number of anilines is 1. The molecule has 2 heterocycles. The topological polar surface area (TPSA) is 46.9 Å². The molecule has 0 spiro atoms. The molecule has 106 valence electrons. The summed E-state index contributed by atoms with van der Waals surface area (Å²) in [6, 6.07) is 12.0. The molecule has 0 fully saturated rings. The number of carbonyl (C=O) groups is 1. The van der Waals surface area contributed by atoms with Crippen LogP contribution in [0.25, 0.3) is 0 Å². The molecular weight excluding hydrogens is 282 g/mol. The van der Waals surface area contributed by atoms with Crippen molar-refractivity contribution in [1.29, 1.82) is 0 Å². The van der Waals surface area contributed by atoms with E-state index in [1.54, 1.807) is 12.3 Å². The number of hydrogen-bond acceptors (Lipinski definition) is 3. The first-order chi connectivity index (χ1) is 10.2. The van der Waals surface area contributed by atoms with E-state index >= 15 is 0 Å². The maximum Gasteiger partial charge on any atom is 0.265 e. The van der Waals surface area contributed by atoms with Gasteiger partial charge in [0.1, 0.15) is 0 Å². The summed E-state index contributed by atoms with van der Waals surface area (Å²) in [7, 11) is 0. The molecule has 0 saturated heterocycles. The quantitative estimate of drug-likeness (QED) is 0.800. The lowest BCUT2D eigenvalue weighted by atomic mass is 10.1. The third kappa shape index (κ3) is 3.38. The van der Waals surface area contributed by atoms with E-state index in [1.165, 1.54) is 22.5 Å². The monoisotopic (exact) mass is 297 g/mol. The number of thiophene rings is 1. The smallest absolute Gasteiger partial charge is 0.265 e. The first kappa shape index (κ1) is 13.6. The second-order valence-electron chi connectivity index (χ2n) is 4.85. The lowest BCUT2D eigenvalue weighted by Gasteiger charge is -2.03. The van der Waals surface area contributed by atoms with Crippen LogP contribution in [0.1, 0.15) is 20.8 Å². The second kappa shape index (κ2) is 5.93. The van der Waals surface area contributed by atoms with Crippen LogP contribution in [0.3, 0.4) is 0 Å². The summed E-state index contributed by atoms with van der Waals surface area (Å²) in [6.45, 7) is 2.76. The first-order valence-corrected chi connectivity index (χ1v) is 7.51. The Morgan fingerprint density at radius 2 is 2.24 bits per heavy atom. The van der Waals surface area contributed by atoms with Gasteiger partial charge in [-0.15, -0.1) is 11.3 Å². The van der Waals surface area contributed by atoms with Crippen LogP contribution in [-0.2, 0) is 6.54 Å². The first-order valence-electron chi connectivity index (χ1n) is 6.63. The van der Waals surface area contributed by atoms with E-state index in [0.717, 1.165) is 0 Å². The molecule has 0 unspecified atom stereocenters. The molecule has 1 amide bonds. The van der Waals surface area contributed by atoms with Gasteiger partial charge in [-0.05, 0) is 23.9 Å². The molecule has 2 aromatic heterocycles. The Balaban J connectivity index is 1.68. The summed E-state index contributed by atoms with van der Waals surface area (Å²) in [5.74, 6) is -0.0971. The highest BCUT2D eigenvalue weighted by Crippen LogP contribution is 2.13. The molecule has 0 saturated carbocycles. The maximum absolute atomic E-state index is 11.9. The lowest BCUT2D eigenvalue weighted by Crippen LogP contribution is -2.09. The molecular formula is C16H15N3OS. The van der Waals surface area contributed by atoms with Crippen molar-refractivity contribution in [2.24, 2.45) is 0 Å². The van der Waals surface area contributed by atoms with Crippen molar-refractivity contribution >= 4 is 22.9 Å². The zero-order valence-corrected chi connectivity index (χ0v) is 12.4. The van der Waals surface area contributed by atoms with E-state index < -0.39 is 0 Å². The zero-order chi connectivity index (χ0) is 14.7. The van der Waals surface area contributed by atoms with Crippen LogP contribution < -0.4 is 5.32 Å². The average Bonchev–Trinajstić information content (AvgIpc) is 3.10. The van der Waals surface area contributed by atoms with Crippen molar-refractivity contribution in [2.75, 3.05) is 5.32 Å². The van der Waals surface area contributed by atoms with Crippen molar-refractivity contribution in [3.05, 3.63) is 70.2 Å². The minimum atomic E-state index is -0.0971.